The molecule has 1 saturated carbocycles. The van der Waals surface area contributed by atoms with Gasteiger partial charge in [-0.2, -0.15) is 0 Å². The first kappa shape index (κ1) is 17.3. The van der Waals surface area contributed by atoms with Crippen LogP contribution < -0.4 is 0 Å². The summed E-state index contributed by atoms with van der Waals surface area (Å²) >= 11 is 0. The smallest absolute Gasteiger partial charge is 0.225 e. The lowest BCUT2D eigenvalue weighted by molar-refractivity contribution is -0.145. The SMILES string of the molecule is O=C(C1CCS(=O)(=O)CC1)N1CCC[C@]2(CCC(=O)N(C3CC3)C2)C1. The van der Waals surface area contributed by atoms with Gasteiger partial charge in [0.25, 0.3) is 0 Å². The number of piperidine rings is 2. The van der Waals surface area contributed by atoms with Crippen LogP contribution in [0.4, 0.5) is 0 Å². The lowest BCUT2D eigenvalue weighted by atomic mass is 9.73. The molecule has 0 radical (unpaired) electrons. The second-order valence-electron chi connectivity index (χ2n) is 8.54. The highest BCUT2D eigenvalue weighted by atomic mass is 32.2. The Labute approximate surface area is 149 Å². The van der Waals surface area contributed by atoms with Crippen LogP contribution in [0.15, 0.2) is 0 Å². The summed E-state index contributed by atoms with van der Waals surface area (Å²) in [5.74, 6) is 0.583. The molecule has 25 heavy (non-hydrogen) atoms. The Balaban J connectivity index is 1.42. The minimum absolute atomic E-state index is 0.0607. The molecule has 2 amide bonds. The van der Waals surface area contributed by atoms with Gasteiger partial charge in [-0.3, -0.25) is 9.59 Å². The lowest BCUT2D eigenvalue weighted by Gasteiger charge is -2.49. The number of hydrogen-bond acceptors (Lipinski definition) is 4. The van der Waals surface area contributed by atoms with Gasteiger partial charge in [-0.15, -0.1) is 0 Å². The molecule has 3 heterocycles. The molecule has 3 aliphatic heterocycles. The number of sulfone groups is 1. The van der Waals surface area contributed by atoms with Gasteiger partial charge >= 0.3 is 0 Å². The second-order valence-corrected chi connectivity index (χ2v) is 10.8. The Hall–Kier alpha value is -1.11. The standard InChI is InChI=1S/C18H28N2O4S/c21-16-4-8-18(13-20(16)15-2-3-15)7-1-9-19(12-18)17(22)14-5-10-25(23,24)11-6-14/h14-15H,1-13H2/t18-/m0/s1. The summed E-state index contributed by atoms with van der Waals surface area (Å²) in [7, 11) is -2.94. The van der Waals surface area contributed by atoms with Gasteiger partial charge in [0.05, 0.1) is 11.5 Å². The summed E-state index contributed by atoms with van der Waals surface area (Å²) in [5.41, 5.74) is 0.0607. The normalized spacial score (nSPS) is 33.7. The average Bonchev–Trinajstić information content (AvgIpc) is 3.42. The van der Waals surface area contributed by atoms with Crippen LogP contribution in [0.2, 0.25) is 0 Å². The molecule has 7 heteroatoms. The van der Waals surface area contributed by atoms with Crippen molar-refractivity contribution >= 4 is 21.7 Å². The van der Waals surface area contributed by atoms with E-state index in [1.54, 1.807) is 0 Å². The minimum atomic E-state index is -2.94. The molecule has 4 rings (SSSR count). The van der Waals surface area contributed by atoms with Crippen LogP contribution in [0.3, 0.4) is 0 Å². The molecular formula is C18H28N2O4S. The Kier molecular flexibility index (Phi) is 4.33. The fraction of sp³-hybridized carbons (Fsp3) is 0.889. The summed E-state index contributed by atoms with van der Waals surface area (Å²) in [6.45, 7) is 2.33. The Bertz CT molecular complexity index is 659. The van der Waals surface area contributed by atoms with Crippen LogP contribution in [-0.2, 0) is 19.4 Å². The molecule has 0 aromatic rings. The highest BCUT2D eigenvalue weighted by Crippen LogP contribution is 2.42. The van der Waals surface area contributed by atoms with E-state index in [9.17, 15) is 18.0 Å². The van der Waals surface area contributed by atoms with Crippen molar-refractivity contribution in [1.82, 2.24) is 9.80 Å². The highest BCUT2D eigenvalue weighted by Gasteiger charge is 2.47. The lowest BCUT2D eigenvalue weighted by Crippen LogP contribution is -2.56. The molecule has 6 nitrogen and oxygen atoms in total. The third kappa shape index (κ3) is 3.57. The van der Waals surface area contributed by atoms with Crippen LogP contribution in [0.1, 0.15) is 51.4 Å². The first-order valence-electron chi connectivity index (χ1n) is 9.66. The predicted molar refractivity (Wildman–Crippen MR) is 93.6 cm³/mol. The van der Waals surface area contributed by atoms with E-state index in [0.717, 1.165) is 51.7 Å². The van der Waals surface area contributed by atoms with Crippen LogP contribution in [0, 0.1) is 11.3 Å². The van der Waals surface area contributed by atoms with Crippen LogP contribution in [-0.4, -0.2) is 67.2 Å². The molecule has 1 spiro atoms. The third-order valence-corrected chi connectivity index (χ3v) is 8.28. The molecule has 0 aromatic carbocycles. The van der Waals surface area contributed by atoms with Crippen LogP contribution in [0.25, 0.3) is 0 Å². The van der Waals surface area contributed by atoms with Crippen molar-refractivity contribution in [3.05, 3.63) is 0 Å². The molecule has 0 bridgehead atoms. The molecule has 1 aliphatic carbocycles. The van der Waals surface area contributed by atoms with Gasteiger partial charge in [0.2, 0.25) is 11.8 Å². The number of rotatable bonds is 2. The van der Waals surface area contributed by atoms with Gasteiger partial charge in [-0.05, 0) is 44.9 Å². The van der Waals surface area contributed by atoms with E-state index in [-0.39, 0.29) is 34.7 Å². The zero-order valence-electron chi connectivity index (χ0n) is 14.8. The maximum absolute atomic E-state index is 12.9. The monoisotopic (exact) mass is 368 g/mol. The maximum Gasteiger partial charge on any atom is 0.225 e. The minimum Gasteiger partial charge on any atom is -0.342 e. The van der Waals surface area contributed by atoms with Crippen molar-refractivity contribution < 1.29 is 18.0 Å². The molecule has 0 N–H and O–H groups in total. The fourth-order valence-electron chi connectivity index (χ4n) is 4.89. The number of carbonyl (C=O) groups excluding carboxylic acids is 2. The number of hydrogen-bond donors (Lipinski definition) is 0. The van der Waals surface area contributed by atoms with Gasteiger partial charge in [0, 0.05) is 43.4 Å². The highest BCUT2D eigenvalue weighted by molar-refractivity contribution is 7.91. The Morgan fingerprint density at radius 3 is 2.44 bits per heavy atom. The molecule has 0 unspecified atom stereocenters. The van der Waals surface area contributed by atoms with E-state index in [0.29, 0.717) is 25.3 Å². The average molecular weight is 368 g/mol. The number of amides is 2. The predicted octanol–water partition coefficient (Wildman–Crippen LogP) is 1.20. The topological polar surface area (TPSA) is 74.8 Å². The Morgan fingerprint density at radius 2 is 1.76 bits per heavy atom. The summed E-state index contributed by atoms with van der Waals surface area (Å²) in [4.78, 5) is 29.2. The molecule has 0 aromatic heterocycles. The summed E-state index contributed by atoms with van der Waals surface area (Å²) in [6.07, 6.45) is 6.77. The van der Waals surface area contributed by atoms with Crippen LogP contribution >= 0.6 is 0 Å². The molecule has 3 saturated heterocycles. The van der Waals surface area contributed by atoms with Crippen molar-refractivity contribution in [1.29, 1.82) is 0 Å². The fourth-order valence-corrected chi connectivity index (χ4v) is 6.38. The van der Waals surface area contributed by atoms with E-state index in [4.69, 9.17) is 0 Å². The third-order valence-electron chi connectivity index (χ3n) is 6.56. The Morgan fingerprint density at radius 1 is 1.04 bits per heavy atom. The van der Waals surface area contributed by atoms with Crippen molar-refractivity contribution in [2.45, 2.75) is 57.4 Å². The van der Waals surface area contributed by atoms with Gasteiger partial charge in [-0.25, -0.2) is 8.42 Å². The second kappa shape index (κ2) is 6.25. The first-order chi connectivity index (χ1) is 11.9. The zero-order chi connectivity index (χ0) is 17.7. The maximum atomic E-state index is 12.9. The van der Waals surface area contributed by atoms with E-state index in [2.05, 4.69) is 4.90 Å². The summed E-state index contributed by atoms with van der Waals surface area (Å²) < 4.78 is 23.2. The van der Waals surface area contributed by atoms with Gasteiger partial charge in [-0.1, -0.05) is 0 Å². The van der Waals surface area contributed by atoms with Gasteiger partial charge < -0.3 is 9.80 Å². The quantitative estimate of drug-likeness (QED) is 0.734. The number of likely N-dealkylation sites (tertiary alicyclic amines) is 2. The summed E-state index contributed by atoms with van der Waals surface area (Å²) in [5, 5.41) is 0. The van der Waals surface area contributed by atoms with Gasteiger partial charge in [0.15, 0.2) is 0 Å². The molecule has 1 atom stereocenters. The number of carbonyl (C=O) groups is 2. The van der Waals surface area contributed by atoms with Crippen molar-refractivity contribution in [3.8, 4) is 0 Å². The summed E-state index contributed by atoms with van der Waals surface area (Å²) in [6, 6.07) is 0.444. The van der Waals surface area contributed by atoms with Gasteiger partial charge in [0.1, 0.15) is 9.84 Å². The van der Waals surface area contributed by atoms with E-state index >= 15 is 0 Å². The van der Waals surface area contributed by atoms with Crippen molar-refractivity contribution in [2.75, 3.05) is 31.1 Å². The van der Waals surface area contributed by atoms with E-state index in [1.807, 2.05) is 4.90 Å². The molecular weight excluding hydrogens is 340 g/mol. The largest absolute Gasteiger partial charge is 0.342 e. The van der Waals surface area contributed by atoms with Crippen molar-refractivity contribution in [2.24, 2.45) is 11.3 Å². The van der Waals surface area contributed by atoms with Crippen LogP contribution in [0.5, 0.6) is 0 Å². The first-order valence-corrected chi connectivity index (χ1v) is 11.5. The zero-order valence-corrected chi connectivity index (χ0v) is 15.6. The molecule has 140 valence electrons. The number of nitrogens with zero attached hydrogens (tertiary/aromatic N) is 2. The van der Waals surface area contributed by atoms with E-state index in [1.165, 1.54) is 0 Å². The molecule has 4 aliphatic rings. The van der Waals surface area contributed by atoms with E-state index < -0.39 is 9.84 Å². The van der Waals surface area contributed by atoms with Crippen molar-refractivity contribution in [3.63, 3.8) is 0 Å². The molecule has 4 fully saturated rings.